The number of pyridine rings is 1. The van der Waals surface area contributed by atoms with Crippen LogP contribution >= 0.6 is 11.8 Å². The summed E-state index contributed by atoms with van der Waals surface area (Å²) in [6, 6.07) is 20.5. The summed E-state index contributed by atoms with van der Waals surface area (Å²) in [6.07, 6.45) is 3.96. The van der Waals surface area contributed by atoms with E-state index in [0.717, 1.165) is 16.2 Å². The van der Waals surface area contributed by atoms with Gasteiger partial charge in [-0.3, -0.25) is 9.59 Å². The van der Waals surface area contributed by atoms with Crippen molar-refractivity contribution in [2.45, 2.75) is 17.6 Å². The lowest BCUT2D eigenvalue weighted by molar-refractivity contribution is -0.114. The first kappa shape index (κ1) is 19.7. The lowest BCUT2D eigenvalue weighted by Crippen LogP contribution is -2.13. The molecular weight excluding hydrogens is 396 g/mol. The summed E-state index contributed by atoms with van der Waals surface area (Å²) in [5, 5.41) is 5.62. The van der Waals surface area contributed by atoms with Crippen molar-refractivity contribution in [1.82, 2.24) is 9.38 Å². The molecule has 4 aromatic rings. The Balaban J connectivity index is 1.48. The van der Waals surface area contributed by atoms with Gasteiger partial charge in [-0.1, -0.05) is 24.3 Å². The zero-order valence-corrected chi connectivity index (χ0v) is 17.1. The maximum absolute atomic E-state index is 12.9. The van der Waals surface area contributed by atoms with Gasteiger partial charge in [0.05, 0.1) is 11.3 Å². The van der Waals surface area contributed by atoms with E-state index in [4.69, 9.17) is 0 Å². The van der Waals surface area contributed by atoms with Crippen molar-refractivity contribution in [2.75, 3.05) is 10.6 Å². The number of nitrogens with one attached hydrogen (secondary N) is 2. The summed E-state index contributed by atoms with van der Waals surface area (Å²) in [6.45, 7) is 1.45. The Morgan fingerprint density at radius 1 is 0.967 bits per heavy atom. The lowest BCUT2D eigenvalue weighted by atomic mass is 10.2. The highest BCUT2D eigenvalue weighted by Gasteiger charge is 2.13. The summed E-state index contributed by atoms with van der Waals surface area (Å²) in [5.74, 6) is 0.296. The first-order valence-electron chi connectivity index (χ1n) is 9.42. The Bertz CT molecular complexity index is 1190. The number of hydrogen-bond donors (Lipinski definition) is 2. The molecule has 0 saturated carbocycles. The molecule has 0 aliphatic carbocycles. The van der Waals surface area contributed by atoms with Crippen LogP contribution in [-0.2, 0) is 10.5 Å². The minimum Gasteiger partial charge on any atom is -0.326 e. The highest BCUT2D eigenvalue weighted by atomic mass is 32.2. The number of fused-ring (bicyclic) bond motifs is 1. The molecule has 0 radical (unpaired) electrons. The molecule has 0 aliphatic rings. The summed E-state index contributed by atoms with van der Waals surface area (Å²) in [5.41, 5.74) is 3.69. The SMILES string of the molecule is CC(=O)Nc1cccc(NC(=O)c2ccccc2SCc2cn3ccccc3n2)c1. The molecule has 2 aromatic heterocycles. The molecular formula is C23H20N4O2S. The van der Waals surface area contributed by atoms with E-state index in [2.05, 4.69) is 15.6 Å². The van der Waals surface area contributed by atoms with E-state index in [9.17, 15) is 9.59 Å². The van der Waals surface area contributed by atoms with Gasteiger partial charge in [-0.25, -0.2) is 4.98 Å². The van der Waals surface area contributed by atoms with Gasteiger partial charge in [0.1, 0.15) is 5.65 Å². The number of amides is 2. The highest BCUT2D eigenvalue weighted by Crippen LogP contribution is 2.27. The van der Waals surface area contributed by atoms with Crippen LogP contribution in [-0.4, -0.2) is 21.2 Å². The summed E-state index contributed by atoms with van der Waals surface area (Å²) >= 11 is 1.57. The third kappa shape index (κ3) is 4.69. The van der Waals surface area contributed by atoms with Crippen molar-refractivity contribution < 1.29 is 9.59 Å². The molecule has 0 aliphatic heterocycles. The average Bonchev–Trinajstić information content (AvgIpc) is 3.15. The van der Waals surface area contributed by atoms with Gasteiger partial charge < -0.3 is 15.0 Å². The molecule has 6 nitrogen and oxygen atoms in total. The number of carbonyl (C=O) groups is 2. The zero-order chi connectivity index (χ0) is 20.9. The minimum absolute atomic E-state index is 0.160. The highest BCUT2D eigenvalue weighted by molar-refractivity contribution is 7.98. The van der Waals surface area contributed by atoms with Crippen LogP contribution in [0.25, 0.3) is 5.65 Å². The summed E-state index contributed by atoms with van der Waals surface area (Å²) in [4.78, 5) is 29.6. The molecule has 0 fully saturated rings. The second-order valence-corrected chi connectivity index (χ2v) is 7.72. The first-order valence-corrected chi connectivity index (χ1v) is 10.4. The van der Waals surface area contributed by atoms with Crippen molar-refractivity contribution in [2.24, 2.45) is 0 Å². The maximum atomic E-state index is 12.9. The number of thioether (sulfide) groups is 1. The van der Waals surface area contributed by atoms with Crippen LogP contribution in [0.3, 0.4) is 0 Å². The number of anilines is 2. The minimum atomic E-state index is -0.201. The summed E-state index contributed by atoms with van der Waals surface area (Å²) < 4.78 is 1.98. The van der Waals surface area contributed by atoms with Crippen LogP contribution in [0, 0.1) is 0 Å². The molecule has 30 heavy (non-hydrogen) atoms. The Kier molecular flexibility index (Phi) is 5.81. The van der Waals surface area contributed by atoms with Crippen molar-refractivity contribution in [3.63, 3.8) is 0 Å². The Labute approximate surface area is 178 Å². The van der Waals surface area contributed by atoms with Crippen LogP contribution in [0.4, 0.5) is 11.4 Å². The van der Waals surface area contributed by atoms with Gasteiger partial charge in [-0.05, 0) is 42.5 Å². The molecule has 2 aromatic carbocycles. The van der Waals surface area contributed by atoms with Gasteiger partial charge in [0.2, 0.25) is 5.91 Å². The topological polar surface area (TPSA) is 75.5 Å². The Morgan fingerprint density at radius 3 is 2.53 bits per heavy atom. The smallest absolute Gasteiger partial charge is 0.256 e. The fourth-order valence-corrected chi connectivity index (χ4v) is 4.00. The molecule has 2 N–H and O–H groups in total. The molecule has 4 rings (SSSR count). The number of imidazole rings is 1. The van der Waals surface area contributed by atoms with Gasteiger partial charge in [0.15, 0.2) is 0 Å². The number of benzene rings is 2. The molecule has 150 valence electrons. The van der Waals surface area contributed by atoms with Crippen molar-refractivity contribution in [1.29, 1.82) is 0 Å². The van der Waals surface area contributed by atoms with E-state index in [1.54, 1.807) is 42.1 Å². The Hall–Kier alpha value is -3.58. The predicted octanol–water partition coefficient (Wildman–Crippen LogP) is 4.84. The van der Waals surface area contributed by atoms with Crippen LogP contribution < -0.4 is 10.6 Å². The predicted molar refractivity (Wildman–Crippen MR) is 120 cm³/mol. The average molecular weight is 417 g/mol. The number of nitrogens with zero attached hydrogens (tertiary/aromatic N) is 2. The maximum Gasteiger partial charge on any atom is 0.256 e. The molecule has 0 spiro atoms. The quantitative estimate of drug-likeness (QED) is 0.441. The zero-order valence-electron chi connectivity index (χ0n) is 16.3. The van der Waals surface area contributed by atoms with Crippen LogP contribution in [0.15, 0.2) is 84.0 Å². The second kappa shape index (κ2) is 8.84. The molecule has 0 bridgehead atoms. The number of aromatic nitrogens is 2. The monoisotopic (exact) mass is 416 g/mol. The standard InChI is InChI=1S/C23H20N4O2S/c1-16(28)24-17-7-6-8-18(13-17)26-23(29)20-9-2-3-10-21(20)30-15-19-14-27-12-5-4-11-22(27)25-19/h2-14H,15H2,1H3,(H,24,28)(H,26,29). The van der Waals surface area contributed by atoms with Gasteiger partial charge >= 0.3 is 0 Å². The van der Waals surface area contributed by atoms with E-state index in [1.165, 1.54) is 6.92 Å². The number of hydrogen-bond acceptors (Lipinski definition) is 4. The van der Waals surface area contributed by atoms with Crippen LogP contribution in [0.5, 0.6) is 0 Å². The fraction of sp³-hybridized carbons (Fsp3) is 0.0870. The largest absolute Gasteiger partial charge is 0.326 e. The van der Waals surface area contributed by atoms with Crippen molar-refractivity contribution in [3.8, 4) is 0 Å². The van der Waals surface area contributed by atoms with Crippen LogP contribution in [0.1, 0.15) is 23.0 Å². The third-order valence-electron chi connectivity index (χ3n) is 4.36. The van der Waals surface area contributed by atoms with Gasteiger partial charge in [-0.15, -0.1) is 11.8 Å². The van der Waals surface area contributed by atoms with Gasteiger partial charge in [-0.2, -0.15) is 0 Å². The van der Waals surface area contributed by atoms with E-state index in [-0.39, 0.29) is 11.8 Å². The summed E-state index contributed by atoms with van der Waals surface area (Å²) in [7, 11) is 0. The van der Waals surface area contributed by atoms with E-state index >= 15 is 0 Å². The Morgan fingerprint density at radius 2 is 1.73 bits per heavy atom. The molecule has 0 atom stereocenters. The first-order chi connectivity index (χ1) is 14.6. The lowest BCUT2D eigenvalue weighted by Gasteiger charge is -2.11. The third-order valence-corrected chi connectivity index (χ3v) is 5.47. The number of rotatable bonds is 6. The van der Waals surface area contributed by atoms with Gasteiger partial charge in [0.25, 0.3) is 5.91 Å². The van der Waals surface area contributed by atoms with E-state index in [0.29, 0.717) is 22.7 Å². The second-order valence-electron chi connectivity index (χ2n) is 6.70. The molecule has 0 unspecified atom stereocenters. The van der Waals surface area contributed by atoms with Crippen molar-refractivity contribution >= 4 is 40.6 Å². The molecule has 2 heterocycles. The van der Waals surface area contributed by atoms with Gasteiger partial charge in [0, 0.05) is 41.3 Å². The van der Waals surface area contributed by atoms with E-state index < -0.39 is 0 Å². The fourth-order valence-electron chi connectivity index (χ4n) is 3.06. The molecule has 0 saturated heterocycles. The molecule has 2 amide bonds. The van der Waals surface area contributed by atoms with E-state index in [1.807, 2.05) is 53.2 Å². The van der Waals surface area contributed by atoms with Crippen molar-refractivity contribution in [3.05, 3.63) is 90.4 Å². The normalized spacial score (nSPS) is 10.7. The molecule has 7 heteroatoms. The van der Waals surface area contributed by atoms with Crippen LogP contribution in [0.2, 0.25) is 0 Å². The number of carbonyl (C=O) groups excluding carboxylic acids is 2.